The number of benzene rings is 2. The molecular weight excluding hydrogens is 224 g/mol. The summed E-state index contributed by atoms with van der Waals surface area (Å²) in [6.07, 6.45) is -0.0890. The minimum atomic E-state index is -0.0890. The van der Waals surface area contributed by atoms with Crippen molar-refractivity contribution >= 4 is 5.91 Å². The fourth-order valence-corrected chi connectivity index (χ4v) is 2.23. The first-order chi connectivity index (χ1) is 8.84. The van der Waals surface area contributed by atoms with Crippen molar-refractivity contribution in [2.24, 2.45) is 0 Å². The molecule has 18 heavy (non-hydrogen) atoms. The Labute approximate surface area is 106 Å². The Balaban J connectivity index is 1.77. The summed E-state index contributed by atoms with van der Waals surface area (Å²) < 4.78 is 0. The lowest BCUT2D eigenvalue weighted by atomic mass is 10.1. The molecular formula is C15H14N2O. The minimum Gasteiger partial charge on any atom is -0.333 e. The third-order valence-corrected chi connectivity index (χ3v) is 3.17. The Morgan fingerprint density at radius 1 is 1.06 bits per heavy atom. The van der Waals surface area contributed by atoms with Crippen molar-refractivity contribution in [2.75, 3.05) is 0 Å². The van der Waals surface area contributed by atoms with E-state index in [1.165, 1.54) is 5.56 Å². The van der Waals surface area contributed by atoms with E-state index in [2.05, 4.69) is 16.7 Å². The van der Waals surface area contributed by atoms with Crippen LogP contribution < -0.4 is 10.6 Å². The molecule has 3 heteroatoms. The molecule has 2 N–H and O–H groups in total. The van der Waals surface area contributed by atoms with E-state index in [1.54, 1.807) is 0 Å². The molecule has 1 atom stereocenters. The van der Waals surface area contributed by atoms with Gasteiger partial charge in [-0.2, -0.15) is 0 Å². The largest absolute Gasteiger partial charge is 0.333 e. The van der Waals surface area contributed by atoms with E-state index in [4.69, 9.17) is 0 Å². The molecule has 0 saturated carbocycles. The average molecular weight is 238 g/mol. The normalized spacial score (nSPS) is 17.2. The maximum absolute atomic E-state index is 12.1. The summed E-state index contributed by atoms with van der Waals surface area (Å²) in [5.41, 5.74) is 3.08. The number of hydrogen-bond donors (Lipinski definition) is 2. The van der Waals surface area contributed by atoms with Crippen LogP contribution in [0.2, 0.25) is 0 Å². The maximum Gasteiger partial charge on any atom is 0.252 e. The zero-order chi connectivity index (χ0) is 12.4. The van der Waals surface area contributed by atoms with Gasteiger partial charge in [-0.25, -0.2) is 0 Å². The van der Waals surface area contributed by atoms with Gasteiger partial charge < -0.3 is 5.32 Å². The van der Waals surface area contributed by atoms with E-state index in [0.29, 0.717) is 5.56 Å². The van der Waals surface area contributed by atoms with Gasteiger partial charge in [0.05, 0.1) is 0 Å². The summed E-state index contributed by atoms with van der Waals surface area (Å²) in [6.45, 7) is 0.801. The van der Waals surface area contributed by atoms with Crippen LogP contribution in [0.4, 0.5) is 0 Å². The molecule has 2 aromatic rings. The summed E-state index contributed by atoms with van der Waals surface area (Å²) in [6, 6.07) is 17.4. The van der Waals surface area contributed by atoms with Crippen molar-refractivity contribution in [2.45, 2.75) is 12.7 Å². The molecule has 0 aliphatic carbocycles. The summed E-state index contributed by atoms with van der Waals surface area (Å²) in [4.78, 5) is 12.1. The fraction of sp³-hybridized carbons (Fsp3) is 0.133. The molecule has 90 valence electrons. The number of hydrogen-bond acceptors (Lipinski definition) is 2. The standard InChI is InChI=1S/C15H14N2O/c18-15(11-6-2-1-3-7-11)17-14-13-9-5-4-8-12(13)10-16-14/h1-9,14,16H,10H2,(H,17,18). The van der Waals surface area contributed by atoms with Crippen molar-refractivity contribution in [1.82, 2.24) is 10.6 Å². The van der Waals surface area contributed by atoms with Crippen molar-refractivity contribution < 1.29 is 4.79 Å². The third kappa shape index (κ3) is 2.00. The SMILES string of the molecule is O=C(NC1NCc2ccccc21)c1ccccc1. The molecule has 1 aliphatic rings. The Bertz CT molecular complexity index is 566. The molecule has 1 heterocycles. The van der Waals surface area contributed by atoms with Crippen LogP contribution >= 0.6 is 0 Å². The second kappa shape index (κ2) is 4.63. The smallest absolute Gasteiger partial charge is 0.252 e. The lowest BCUT2D eigenvalue weighted by Crippen LogP contribution is -2.34. The first-order valence-electron chi connectivity index (χ1n) is 6.02. The number of amides is 1. The maximum atomic E-state index is 12.1. The number of nitrogens with one attached hydrogen (secondary N) is 2. The summed E-state index contributed by atoms with van der Waals surface area (Å²) in [5, 5.41) is 6.29. The van der Waals surface area contributed by atoms with Gasteiger partial charge in [-0.1, -0.05) is 42.5 Å². The number of fused-ring (bicyclic) bond motifs is 1. The first kappa shape index (κ1) is 11.0. The average Bonchev–Trinajstić information content (AvgIpc) is 2.83. The quantitative estimate of drug-likeness (QED) is 0.842. The van der Waals surface area contributed by atoms with E-state index in [1.807, 2.05) is 48.5 Å². The number of rotatable bonds is 2. The summed E-state index contributed by atoms with van der Waals surface area (Å²) in [5.74, 6) is -0.0511. The predicted octanol–water partition coefficient (Wildman–Crippen LogP) is 2.22. The number of carbonyl (C=O) groups is 1. The van der Waals surface area contributed by atoms with E-state index >= 15 is 0 Å². The van der Waals surface area contributed by atoms with Gasteiger partial charge in [0.15, 0.2) is 0 Å². The van der Waals surface area contributed by atoms with Crippen LogP contribution in [0.3, 0.4) is 0 Å². The van der Waals surface area contributed by atoms with Crippen LogP contribution in [0, 0.1) is 0 Å². The van der Waals surface area contributed by atoms with Crippen LogP contribution in [-0.2, 0) is 6.54 Å². The molecule has 2 aromatic carbocycles. The summed E-state index contributed by atoms with van der Waals surface area (Å²) >= 11 is 0. The molecule has 0 radical (unpaired) electrons. The molecule has 0 bridgehead atoms. The molecule has 3 rings (SSSR count). The monoisotopic (exact) mass is 238 g/mol. The molecule has 0 spiro atoms. The van der Waals surface area contributed by atoms with Gasteiger partial charge in [-0.15, -0.1) is 0 Å². The van der Waals surface area contributed by atoms with Gasteiger partial charge in [-0.3, -0.25) is 10.1 Å². The van der Waals surface area contributed by atoms with Gasteiger partial charge in [-0.05, 0) is 23.3 Å². The van der Waals surface area contributed by atoms with E-state index in [-0.39, 0.29) is 12.1 Å². The molecule has 1 unspecified atom stereocenters. The van der Waals surface area contributed by atoms with Crippen molar-refractivity contribution in [3.63, 3.8) is 0 Å². The molecule has 0 aromatic heterocycles. The first-order valence-corrected chi connectivity index (χ1v) is 6.02. The van der Waals surface area contributed by atoms with E-state index < -0.39 is 0 Å². The van der Waals surface area contributed by atoms with Gasteiger partial charge in [0.2, 0.25) is 0 Å². The van der Waals surface area contributed by atoms with Crippen LogP contribution in [-0.4, -0.2) is 5.91 Å². The van der Waals surface area contributed by atoms with Crippen molar-refractivity contribution in [3.05, 3.63) is 71.3 Å². The molecule has 0 saturated heterocycles. The molecule has 1 amide bonds. The van der Waals surface area contributed by atoms with Gasteiger partial charge >= 0.3 is 0 Å². The van der Waals surface area contributed by atoms with Crippen molar-refractivity contribution in [1.29, 1.82) is 0 Å². The lowest BCUT2D eigenvalue weighted by molar-refractivity contribution is 0.0931. The Morgan fingerprint density at radius 3 is 2.61 bits per heavy atom. The highest BCUT2D eigenvalue weighted by molar-refractivity contribution is 5.94. The second-order valence-electron chi connectivity index (χ2n) is 4.35. The van der Waals surface area contributed by atoms with Gasteiger partial charge in [0.1, 0.15) is 6.17 Å². The van der Waals surface area contributed by atoms with E-state index in [0.717, 1.165) is 12.1 Å². The van der Waals surface area contributed by atoms with Crippen LogP contribution in [0.5, 0.6) is 0 Å². The van der Waals surface area contributed by atoms with Gasteiger partial charge in [0, 0.05) is 12.1 Å². The Hall–Kier alpha value is -2.13. The van der Waals surface area contributed by atoms with Crippen molar-refractivity contribution in [3.8, 4) is 0 Å². The van der Waals surface area contributed by atoms with E-state index in [9.17, 15) is 4.79 Å². The molecule has 1 aliphatic heterocycles. The Morgan fingerprint density at radius 2 is 1.78 bits per heavy atom. The minimum absolute atomic E-state index is 0.0511. The van der Waals surface area contributed by atoms with Crippen LogP contribution in [0.15, 0.2) is 54.6 Å². The highest BCUT2D eigenvalue weighted by Gasteiger charge is 2.22. The predicted molar refractivity (Wildman–Crippen MR) is 69.9 cm³/mol. The Kier molecular flexibility index (Phi) is 2.82. The fourth-order valence-electron chi connectivity index (χ4n) is 2.23. The highest BCUT2D eigenvalue weighted by atomic mass is 16.1. The lowest BCUT2D eigenvalue weighted by Gasteiger charge is -2.14. The van der Waals surface area contributed by atoms with Crippen LogP contribution in [0.1, 0.15) is 27.7 Å². The highest BCUT2D eigenvalue weighted by Crippen LogP contribution is 2.22. The zero-order valence-corrected chi connectivity index (χ0v) is 9.89. The molecule has 3 nitrogen and oxygen atoms in total. The van der Waals surface area contributed by atoms with Crippen LogP contribution in [0.25, 0.3) is 0 Å². The van der Waals surface area contributed by atoms with Gasteiger partial charge in [0.25, 0.3) is 5.91 Å². The molecule has 0 fully saturated rings. The zero-order valence-electron chi connectivity index (χ0n) is 9.89. The number of carbonyl (C=O) groups excluding carboxylic acids is 1. The second-order valence-corrected chi connectivity index (χ2v) is 4.35. The topological polar surface area (TPSA) is 41.1 Å². The third-order valence-electron chi connectivity index (χ3n) is 3.17. The summed E-state index contributed by atoms with van der Waals surface area (Å²) in [7, 11) is 0.